The van der Waals surface area contributed by atoms with E-state index >= 15 is 0 Å². The molecule has 2 rings (SSSR count). The Hall–Kier alpha value is -2.10. The number of aromatic hydroxyl groups is 1. The van der Waals surface area contributed by atoms with Crippen molar-refractivity contribution in [2.45, 2.75) is 6.54 Å². The molecule has 4 nitrogen and oxygen atoms in total. The normalized spacial score (nSPS) is 10.4. The van der Waals surface area contributed by atoms with E-state index in [1.165, 1.54) is 0 Å². The van der Waals surface area contributed by atoms with Crippen molar-refractivity contribution >= 4 is 11.5 Å². The number of nitrogen functional groups attached to an aromatic ring is 2. The van der Waals surface area contributed by atoms with Crippen molar-refractivity contribution < 1.29 is 5.11 Å². The summed E-state index contributed by atoms with van der Waals surface area (Å²) >= 11 is 0. The molecular formula is C11H13N3O. The van der Waals surface area contributed by atoms with Crippen LogP contribution in [0.3, 0.4) is 0 Å². The summed E-state index contributed by atoms with van der Waals surface area (Å²) in [5.41, 5.74) is 13.2. The van der Waals surface area contributed by atoms with Crippen LogP contribution in [0.25, 0.3) is 0 Å². The van der Waals surface area contributed by atoms with Gasteiger partial charge < -0.3 is 21.1 Å². The number of rotatable bonds is 2. The summed E-state index contributed by atoms with van der Waals surface area (Å²) < 4.78 is 1.75. The lowest BCUT2D eigenvalue weighted by molar-refractivity contribution is 0.477. The van der Waals surface area contributed by atoms with E-state index in [0.29, 0.717) is 12.4 Å². The lowest BCUT2D eigenvalue weighted by Crippen LogP contribution is -2.04. The lowest BCUT2D eigenvalue weighted by Gasteiger charge is -2.08. The summed E-state index contributed by atoms with van der Waals surface area (Å²) in [6.45, 7) is 0.569. The molecule has 1 aromatic carbocycles. The SMILES string of the molecule is Nc1ccccc1Cn1ccc(O)c1N. The second kappa shape index (κ2) is 3.57. The van der Waals surface area contributed by atoms with Crippen LogP contribution in [0.5, 0.6) is 5.75 Å². The van der Waals surface area contributed by atoms with E-state index in [9.17, 15) is 5.11 Å². The minimum absolute atomic E-state index is 0.101. The monoisotopic (exact) mass is 203 g/mol. The molecule has 1 heterocycles. The molecular weight excluding hydrogens is 190 g/mol. The molecule has 0 fully saturated rings. The van der Waals surface area contributed by atoms with Crippen LogP contribution < -0.4 is 11.5 Å². The summed E-state index contributed by atoms with van der Waals surface area (Å²) in [5, 5.41) is 9.31. The number of nitrogens with zero attached hydrogens (tertiary/aromatic N) is 1. The zero-order chi connectivity index (χ0) is 10.8. The van der Waals surface area contributed by atoms with Gasteiger partial charge in [-0.2, -0.15) is 0 Å². The van der Waals surface area contributed by atoms with E-state index in [2.05, 4.69) is 0 Å². The maximum Gasteiger partial charge on any atom is 0.157 e. The topological polar surface area (TPSA) is 77.2 Å². The van der Waals surface area contributed by atoms with Crippen LogP contribution in [-0.4, -0.2) is 9.67 Å². The van der Waals surface area contributed by atoms with Crippen LogP contribution >= 0.6 is 0 Å². The van der Waals surface area contributed by atoms with Crippen molar-refractivity contribution in [1.29, 1.82) is 0 Å². The zero-order valence-corrected chi connectivity index (χ0v) is 8.22. The predicted molar refractivity (Wildman–Crippen MR) is 60.5 cm³/mol. The Morgan fingerprint density at radius 1 is 1.13 bits per heavy atom. The Labute approximate surface area is 87.7 Å². The number of benzene rings is 1. The highest BCUT2D eigenvalue weighted by atomic mass is 16.3. The highest BCUT2D eigenvalue weighted by molar-refractivity contribution is 5.50. The quantitative estimate of drug-likeness (QED) is 0.646. The number of anilines is 2. The Bertz CT molecular complexity index is 476. The fourth-order valence-electron chi connectivity index (χ4n) is 1.47. The van der Waals surface area contributed by atoms with Gasteiger partial charge in [-0.3, -0.25) is 0 Å². The molecule has 5 N–H and O–H groups in total. The molecule has 0 aliphatic heterocycles. The predicted octanol–water partition coefficient (Wildman–Crippen LogP) is 1.41. The van der Waals surface area contributed by atoms with Crippen molar-refractivity contribution in [3.63, 3.8) is 0 Å². The van der Waals surface area contributed by atoms with Crippen LogP contribution in [0.4, 0.5) is 11.5 Å². The minimum atomic E-state index is 0.101. The first-order valence-electron chi connectivity index (χ1n) is 4.65. The number of hydrogen-bond acceptors (Lipinski definition) is 3. The largest absolute Gasteiger partial charge is 0.504 e. The van der Waals surface area contributed by atoms with Crippen molar-refractivity contribution in [3.05, 3.63) is 42.1 Å². The molecule has 0 radical (unpaired) electrons. The van der Waals surface area contributed by atoms with Gasteiger partial charge in [-0.05, 0) is 17.7 Å². The minimum Gasteiger partial charge on any atom is -0.504 e. The van der Waals surface area contributed by atoms with Crippen molar-refractivity contribution in [2.75, 3.05) is 11.5 Å². The average molecular weight is 203 g/mol. The standard InChI is InChI=1S/C11H13N3O/c12-9-4-2-1-3-8(9)7-14-6-5-10(15)11(14)13/h1-6,15H,7,12-13H2. The number of aromatic nitrogens is 1. The van der Waals surface area contributed by atoms with Gasteiger partial charge in [-0.15, -0.1) is 0 Å². The molecule has 0 amide bonds. The van der Waals surface area contributed by atoms with E-state index in [1.807, 2.05) is 24.3 Å². The van der Waals surface area contributed by atoms with Gasteiger partial charge in [0, 0.05) is 11.9 Å². The number of nitrogens with two attached hydrogens (primary N) is 2. The van der Waals surface area contributed by atoms with E-state index in [4.69, 9.17) is 11.5 Å². The van der Waals surface area contributed by atoms with Crippen LogP contribution in [-0.2, 0) is 6.54 Å². The fourth-order valence-corrected chi connectivity index (χ4v) is 1.47. The van der Waals surface area contributed by atoms with Gasteiger partial charge in [0.05, 0.1) is 6.54 Å². The highest BCUT2D eigenvalue weighted by Crippen LogP contribution is 2.22. The Morgan fingerprint density at radius 3 is 2.47 bits per heavy atom. The van der Waals surface area contributed by atoms with Gasteiger partial charge in [0.1, 0.15) is 5.82 Å². The molecule has 2 aromatic rings. The third kappa shape index (κ3) is 1.74. The van der Waals surface area contributed by atoms with E-state index in [0.717, 1.165) is 11.3 Å². The van der Waals surface area contributed by atoms with Gasteiger partial charge in [-0.1, -0.05) is 18.2 Å². The van der Waals surface area contributed by atoms with E-state index in [1.54, 1.807) is 16.8 Å². The van der Waals surface area contributed by atoms with Gasteiger partial charge in [-0.25, -0.2) is 0 Å². The second-order valence-corrected chi connectivity index (χ2v) is 3.41. The summed E-state index contributed by atoms with van der Waals surface area (Å²) in [4.78, 5) is 0. The van der Waals surface area contributed by atoms with Crippen LogP contribution in [0, 0.1) is 0 Å². The fraction of sp³-hybridized carbons (Fsp3) is 0.0909. The molecule has 0 saturated heterocycles. The molecule has 15 heavy (non-hydrogen) atoms. The second-order valence-electron chi connectivity index (χ2n) is 3.41. The van der Waals surface area contributed by atoms with Gasteiger partial charge in [0.2, 0.25) is 0 Å². The summed E-state index contributed by atoms with van der Waals surface area (Å²) in [7, 11) is 0. The average Bonchev–Trinajstić information content (AvgIpc) is 2.53. The molecule has 0 saturated carbocycles. The Kier molecular flexibility index (Phi) is 2.25. The number of para-hydroxylation sites is 1. The van der Waals surface area contributed by atoms with Crippen LogP contribution in [0.1, 0.15) is 5.56 Å². The van der Waals surface area contributed by atoms with Gasteiger partial charge >= 0.3 is 0 Å². The molecule has 78 valence electrons. The summed E-state index contributed by atoms with van der Waals surface area (Å²) in [5.74, 6) is 0.461. The smallest absolute Gasteiger partial charge is 0.157 e. The molecule has 1 aromatic heterocycles. The third-order valence-electron chi connectivity index (χ3n) is 2.38. The highest BCUT2D eigenvalue weighted by Gasteiger charge is 2.05. The first-order valence-corrected chi connectivity index (χ1v) is 4.65. The van der Waals surface area contributed by atoms with Gasteiger partial charge in [0.15, 0.2) is 5.75 Å². The summed E-state index contributed by atoms with van der Waals surface area (Å²) in [6.07, 6.45) is 1.73. The molecule has 0 aliphatic carbocycles. The molecule has 4 heteroatoms. The van der Waals surface area contributed by atoms with Crippen molar-refractivity contribution in [2.24, 2.45) is 0 Å². The van der Waals surface area contributed by atoms with E-state index < -0.39 is 0 Å². The first kappa shape index (κ1) is 9.45. The zero-order valence-electron chi connectivity index (χ0n) is 8.22. The third-order valence-corrected chi connectivity index (χ3v) is 2.38. The van der Waals surface area contributed by atoms with Crippen molar-refractivity contribution in [1.82, 2.24) is 4.57 Å². The van der Waals surface area contributed by atoms with Crippen molar-refractivity contribution in [3.8, 4) is 5.75 Å². The first-order chi connectivity index (χ1) is 7.18. The van der Waals surface area contributed by atoms with Crippen LogP contribution in [0.2, 0.25) is 0 Å². The molecule has 0 unspecified atom stereocenters. The molecule has 0 bridgehead atoms. The maximum atomic E-state index is 9.31. The maximum absolute atomic E-state index is 9.31. The van der Waals surface area contributed by atoms with Gasteiger partial charge in [0.25, 0.3) is 0 Å². The molecule has 0 spiro atoms. The molecule has 0 aliphatic rings. The van der Waals surface area contributed by atoms with E-state index in [-0.39, 0.29) is 5.75 Å². The Balaban J connectivity index is 2.30. The molecule has 0 atom stereocenters. The summed E-state index contributed by atoms with van der Waals surface area (Å²) in [6, 6.07) is 9.15. The number of hydrogen-bond donors (Lipinski definition) is 3. The lowest BCUT2D eigenvalue weighted by atomic mass is 10.2. The Morgan fingerprint density at radius 2 is 1.87 bits per heavy atom. The van der Waals surface area contributed by atoms with Crippen LogP contribution in [0.15, 0.2) is 36.5 Å².